The molecule has 0 saturated heterocycles. The maximum atomic E-state index is 5.51. The van der Waals surface area contributed by atoms with Gasteiger partial charge in [-0.3, -0.25) is 4.52 Å². The van der Waals surface area contributed by atoms with Crippen LogP contribution in [0.3, 0.4) is 0 Å². The fraction of sp³-hybridized carbons (Fsp3) is 0.0769. The average molecular weight is 335 g/mol. The molecule has 0 N–H and O–H groups in total. The molecule has 0 aliphatic heterocycles. The van der Waals surface area contributed by atoms with Crippen molar-refractivity contribution in [2.45, 2.75) is 0 Å². The van der Waals surface area contributed by atoms with Crippen molar-refractivity contribution >= 4 is 8.60 Å². The van der Waals surface area contributed by atoms with Crippen molar-refractivity contribution < 1.29 is 46.3 Å². The number of hydrogen-bond acceptors (Lipinski definition) is 3. The summed E-state index contributed by atoms with van der Waals surface area (Å²) in [6, 6.07) is 20.5. The molecule has 1 radical (unpaired) electrons. The van der Waals surface area contributed by atoms with Gasteiger partial charge in [-0.15, -0.1) is 24.3 Å². The van der Waals surface area contributed by atoms with Crippen molar-refractivity contribution in [2.75, 3.05) is 7.11 Å². The third-order valence-electron chi connectivity index (χ3n) is 1.86. The Kier molecular flexibility index (Phi) is 7.45. The topological polar surface area (TPSA) is 27.7 Å². The zero-order valence-corrected chi connectivity index (χ0v) is 13.6. The van der Waals surface area contributed by atoms with Gasteiger partial charge in [-0.1, -0.05) is 0 Å². The molecule has 0 aliphatic rings. The Bertz CT molecular complexity index is 397. The Labute approximate surface area is 133 Å². The Morgan fingerprint density at radius 3 is 1.72 bits per heavy atom. The maximum absolute atomic E-state index is 5.51. The molecule has 0 aromatic heterocycles. The van der Waals surface area contributed by atoms with E-state index in [-0.39, 0.29) is 32.7 Å². The van der Waals surface area contributed by atoms with Gasteiger partial charge in [0.05, 0.1) is 0 Å². The van der Waals surface area contributed by atoms with Crippen LogP contribution < -0.4 is 9.05 Å². The third kappa shape index (κ3) is 5.03. The average Bonchev–Trinajstić information content (AvgIpc) is 2.40. The summed E-state index contributed by atoms with van der Waals surface area (Å²) in [5.74, 6) is 1.19. The van der Waals surface area contributed by atoms with Gasteiger partial charge in [0.25, 0.3) is 0 Å². The predicted molar refractivity (Wildman–Crippen MR) is 65.7 cm³/mol. The molecule has 18 heavy (non-hydrogen) atoms. The number of rotatable bonds is 5. The molecule has 0 aliphatic carbocycles. The van der Waals surface area contributed by atoms with Crippen LogP contribution in [0.2, 0.25) is 0 Å². The van der Waals surface area contributed by atoms with Gasteiger partial charge >= 0.3 is 8.60 Å². The van der Waals surface area contributed by atoms with E-state index >= 15 is 0 Å². The molecule has 3 nitrogen and oxygen atoms in total. The van der Waals surface area contributed by atoms with Crippen molar-refractivity contribution in [1.82, 2.24) is 0 Å². The molecule has 91 valence electrons. The van der Waals surface area contributed by atoms with Crippen LogP contribution in [0.4, 0.5) is 0 Å². The van der Waals surface area contributed by atoms with E-state index in [1.165, 1.54) is 7.11 Å². The van der Waals surface area contributed by atoms with Gasteiger partial charge in [0.2, 0.25) is 0 Å². The van der Waals surface area contributed by atoms with Crippen LogP contribution >= 0.6 is 8.60 Å². The minimum absolute atomic E-state index is 0. The molecular formula is C13H11O3PY-2. The van der Waals surface area contributed by atoms with Crippen LogP contribution in [0.1, 0.15) is 0 Å². The molecule has 0 heterocycles. The molecular weight excluding hydrogens is 324 g/mol. The molecule has 0 unspecified atom stereocenters. The third-order valence-corrected chi connectivity index (χ3v) is 2.85. The molecule has 2 aromatic rings. The van der Waals surface area contributed by atoms with Crippen LogP contribution in [-0.4, -0.2) is 7.11 Å². The largest absolute Gasteiger partial charge is 0.458 e. The minimum Gasteiger partial charge on any atom is -0.445 e. The summed E-state index contributed by atoms with van der Waals surface area (Å²) < 4.78 is 16.2. The molecule has 2 aromatic carbocycles. The molecule has 0 atom stereocenters. The SMILES string of the molecule is COP(Oc1[c-]cccc1)Oc1[c-]cccc1.[Y]. The van der Waals surface area contributed by atoms with E-state index in [4.69, 9.17) is 13.6 Å². The van der Waals surface area contributed by atoms with Crippen LogP contribution in [0.5, 0.6) is 11.5 Å². The quantitative estimate of drug-likeness (QED) is 0.617. The second-order valence-electron chi connectivity index (χ2n) is 3.04. The smallest absolute Gasteiger partial charge is 0.445 e. The van der Waals surface area contributed by atoms with Crippen LogP contribution in [0.15, 0.2) is 48.5 Å². The standard InChI is InChI=1S/C13H11O3P.Y/c1-14-17(15-12-8-4-2-5-9-12)16-13-10-6-3-7-11-13;/h2-8,10H,1H3;/q-2;. The molecule has 0 fully saturated rings. The summed E-state index contributed by atoms with van der Waals surface area (Å²) in [7, 11) is 0.0658. The Hall–Kier alpha value is -0.466. The first-order valence-corrected chi connectivity index (χ1v) is 6.11. The van der Waals surface area contributed by atoms with Crippen molar-refractivity contribution in [3.8, 4) is 11.5 Å². The first-order chi connectivity index (χ1) is 8.38. The summed E-state index contributed by atoms with van der Waals surface area (Å²) in [5.41, 5.74) is 0. The van der Waals surface area contributed by atoms with Crippen LogP contribution in [-0.2, 0) is 37.2 Å². The second-order valence-corrected chi connectivity index (χ2v) is 4.22. The Morgan fingerprint density at radius 2 is 1.39 bits per heavy atom. The van der Waals surface area contributed by atoms with Gasteiger partial charge in [0.1, 0.15) is 0 Å². The van der Waals surface area contributed by atoms with Gasteiger partial charge in [-0.25, -0.2) is 0 Å². The zero-order chi connectivity index (χ0) is 11.9. The van der Waals surface area contributed by atoms with E-state index in [1.807, 2.05) is 24.3 Å². The molecule has 0 saturated carbocycles. The molecule has 0 amide bonds. The van der Waals surface area contributed by atoms with Crippen LogP contribution in [0, 0.1) is 12.1 Å². The summed E-state index contributed by atoms with van der Waals surface area (Å²) in [6.45, 7) is 0. The van der Waals surface area contributed by atoms with Gasteiger partial charge in [0.15, 0.2) is 0 Å². The van der Waals surface area contributed by atoms with E-state index in [0.29, 0.717) is 11.5 Å². The minimum atomic E-state index is -1.47. The van der Waals surface area contributed by atoms with E-state index in [9.17, 15) is 0 Å². The van der Waals surface area contributed by atoms with Crippen molar-refractivity contribution in [2.24, 2.45) is 0 Å². The predicted octanol–water partition coefficient (Wildman–Crippen LogP) is 3.62. The van der Waals surface area contributed by atoms with E-state index in [0.717, 1.165) is 0 Å². The van der Waals surface area contributed by atoms with E-state index in [1.54, 1.807) is 24.3 Å². The van der Waals surface area contributed by atoms with Gasteiger partial charge < -0.3 is 9.05 Å². The Balaban J connectivity index is 0.00000162. The zero-order valence-electron chi connectivity index (χ0n) is 9.87. The Morgan fingerprint density at radius 1 is 0.889 bits per heavy atom. The summed E-state index contributed by atoms with van der Waals surface area (Å²) in [6.07, 6.45) is 0. The summed E-state index contributed by atoms with van der Waals surface area (Å²) >= 11 is 0. The van der Waals surface area contributed by atoms with E-state index < -0.39 is 8.60 Å². The second kappa shape index (κ2) is 8.60. The van der Waals surface area contributed by atoms with Crippen molar-refractivity contribution in [3.05, 3.63) is 60.7 Å². The number of hydrogen-bond donors (Lipinski definition) is 0. The fourth-order valence-corrected chi connectivity index (χ4v) is 1.86. The van der Waals surface area contributed by atoms with Gasteiger partial charge in [0, 0.05) is 51.3 Å². The monoisotopic (exact) mass is 335 g/mol. The van der Waals surface area contributed by atoms with E-state index in [2.05, 4.69) is 12.1 Å². The maximum Gasteiger partial charge on any atom is 0.458 e. The summed E-state index contributed by atoms with van der Waals surface area (Å²) in [5, 5.41) is 0. The number of para-hydroxylation sites is 2. The summed E-state index contributed by atoms with van der Waals surface area (Å²) in [4.78, 5) is 0. The molecule has 0 bridgehead atoms. The van der Waals surface area contributed by atoms with Crippen molar-refractivity contribution in [1.29, 1.82) is 0 Å². The van der Waals surface area contributed by atoms with Gasteiger partial charge in [-0.2, -0.15) is 36.4 Å². The van der Waals surface area contributed by atoms with Crippen LogP contribution in [0.25, 0.3) is 0 Å². The van der Waals surface area contributed by atoms with Gasteiger partial charge in [-0.05, 0) is 0 Å². The van der Waals surface area contributed by atoms with Crippen molar-refractivity contribution in [3.63, 3.8) is 0 Å². The first kappa shape index (κ1) is 15.6. The normalized spacial score (nSPS) is 9.67. The fourth-order valence-electron chi connectivity index (χ4n) is 1.12. The molecule has 0 spiro atoms. The first-order valence-electron chi connectivity index (χ1n) is 5.02. The molecule has 5 heteroatoms. The number of benzene rings is 2. The molecule has 2 rings (SSSR count).